The van der Waals surface area contributed by atoms with Crippen LogP contribution in [0.5, 0.6) is 0 Å². The molecule has 3 N–H and O–H groups in total. The molecule has 0 aliphatic carbocycles. The van der Waals surface area contributed by atoms with Gasteiger partial charge in [-0.25, -0.2) is 4.39 Å². The quantitative estimate of drug-likeness (QED) is 0.837. The molecule has 2 atom stereocenters. The van der Waals surface area contributed by atoms with Crippen LogP contribution in [0.3, 0.4) is 0 Å². The fraction of sp³-hybridized carbons (Fsp3) is 0.500. The third kappa shape index (κ3) is 4.63. The predicted octanol–water partition coefficient (Wildman–Crippen LogP) is 3.43. The van der Waals surface area contributed by atoms with Gasteiger partial charge in [0.25, 0.3) is 0 Å². The number of alkyl halides is 3. The number of rotatable bonds is 4. The summed E-state index contributed by atoms with van der Waals surface area (Å²) in [6.07, 6.45) is -4.55. The summed E-state index contributed by atoms with van der Waals surface area (Å²) >= 11 is 0. The van der Waals surface area contributed by atoms with Crippen LogP contribution in [-0.2, 0) is 6.18 Å². The van der Waals surface area contributed by atoms with Gasteiger partial charge in [-0.05, 0) is 18.6 Å². The number of hydrogen-bond donors (Lipinski definition) is 2. The molecule has 1 aromatic carbocycles. The smallest absolute Gasteiger partial charge is 0.391 e. The standard InChI is InChI=1S/C12H15F4NO.ClH/c1-2-3-10(18)11(17)8-5-4-7(6-9(8)13)12(14,15)16;/h4-6,10-11,18H,2-3,17H2,1H3;1H/t10-,11+;/m1./s1. The Bertz CT molecular complexity index is 411. The van der Waals surface area contributed by atoms with Crippen molar-refractivity contribution < 1.29 is 22.7 Å². The van der Waals surface area contributed by atoms with Gasteiger partial charge in [0.05, 0.1) is 17.7 Å². The van der Waals surface area contributed by atoms with Gasteiger partial charge in [-0.2, -0.15) is 13.2 Å². The normalized spacial score (nSPS) is 14.7. The molecular formula is C12H16ClF4NO. The van der Waals surface area contributed by atoms with Crippen LogP contribution in [0.1, 0.15) is 36.9 Å². The average Bonchev–Trinajstić information content (AvgIpc) is 2.27. The minimum atomic E-state index is -4.59. The molecule has 110 valence electrons. The minimum Gasteiger partial charge on any atom is -0.391 e. The van der Waals surface area contributed by atoms with Gasteiger partial charge in [0.15, 0.2) is 0 Å². The maximum absolute atomic E-state index is 13.5. The van der Waals surface area contributed by atoms with E-state index in [1.54, 1.807) is 0 Å². The Morgan fingerprint density at radius 1 is 1.32 bits per heavy atom. The maximum Gasteiger partial charge on any atom is 0.416 e. The minimum absolute atomic E-state index is 0. The molecular weight excluding hydrogens is 286 g/mol. The molecule has 0 aromatic heterocycles. The second kappa shape index (κ2) is 7.07. The number of halogens is 5. The highest BCUT2D eigenvalue weighted by atomic mass is 35.5. The van der Waals surface area contributed by atoms with Crippen molar-refractivity contribution in [1.82, 2.24) is 0 Å². The monoisotopic (exact) mass is 301 g/mol. The first-order valence-corrected chi connectivity index (χ1v) is 5.57. The van der Waals surface area contributed by atoms with Crippen molar-refractivity contribution in [3.8, 4) is 0 Å². The molecule has 0 unspecified atom stereocenters. The van der Waals surface area contributed by atoms with Gasteiger partial charge in [-0.3, -0.25) is 0 Å². The van der Waals surface area contributed by atoms with E-state index in [1.807, 2.05) is 6.92 Å². The van der Waals surface area contributed by atoms with E-state index >= 15 is 0 Å². The Kier molecular flexibility index (Phi) is 6.76. The van der Waals surface area contributed by atoms with Crippen LogP contribution < -0.4 is 5.73 Å². The average molecular weight is 302 g/mol. The zero-order valence-electron chi connectivity index (χ0n) is 10.2. The summed E-state index contributed by atoms with van der Waals surface area (Å²) < 4.78 is 50.5. The Morgan fingerprint density at radius 3 is 2.32 bits per heavy atom. The molecule has 7 heteroatoms. The summed E-state index contributed by atoms with van der Waals surface area (Å²) in [6.45, 7) is 1.82. The van der Waals surface area contributed by atoms with E-state index in [9.17, 15) is 22.7 Å². The van der Waals surface area contributed by atoms with E-state index in [-0.39, 0.29) is 18.0 Å². The molecule has 0 saturated carbocycles. The van der Waals surface area contributed by atoms with Gasteiger partial charge in [-0.1, -0.05) is 19.4 Å². The number of aliphatic hydroxyl groups excluding tert-OH is 1. The molecule has 1 rings (SSSR count). The van der Waals surface area contributed by atoms with Crippen LogP contribution in [0.15, 0.2) is 18.2 Å². The molecule has 0 amide bonds. The van der Waals surface area contributed by atoms with Crippen molar-refractivity contribution in [1.29, 1.82) is 0 Å². The molecule has 0 aliphatic rings. The Balaban J connectivity index is 0.00000324. The molecule has 1 aromatic rings. The molecule has 2 nitrogen and oxygen atoms in total. The lowest BCUT2D eigenvalue weighted by Gasteiger charge is -2.19. The van der Waals surface area contributed by atoms with Gasteiger partial charge >= 0.3 is 6.18 Å². The zero-order valence-corrected chi connectivity index (χ0v) is 11.1. The van der Waals surface area contributed by atoms with Crippen LogP contribution in [0.2, 0.25) is 0 Å². The summed E-state index contributed by atoms with van der Waals surface area (Å²) in [5, 5.41) is 9.61. The second-order valence-corrected chi connectivity index (χ2v) is 4.12. The first-order valence-electron chi connectivity index (χ1n) is 5.57. The number of benzene rings is 1. The Labute approximate surface area is 115 Å². The van der Waals surface area contributed by atoms with Crippen molar-refractivity contribution in [2.75, 3.05) is 0 Å². The van der Waals surface area contributed by atoms with Crippen molar-refractivity contribution in [3.63, 3.8) is 0 Å². The van der Waals surface area contributed by atoms with Crippen molar-refractivity contribution in [3.05, 3.63) is 35.1 Å². The molecule has 19 heavy (non-hydrogen) atoms. The molecule has 0 saturated heterocycles. The zero-order chi connectivity index (χ0) is 13.9. The van der Waals surface area contributed by atoms with Crippen LogP contribution in [-0.4, -0.2) is 11.2 Å². The highest BCUT2D eigenvalue weighted by Gasteiger charge is 2.32. The lowest BCUT2D eigenvalue weighted by Crippen LogP contribution is -2.27. The van der Waals surface area contributed by atoms with Crippen molar-refractivity contribution in [2.45, 2.75) is 38.1 Å². The van der Waals surface area contributed by atoms with Crippen LogP contribution in [0.25, 0.3) is 0 Å². The Hall–Kier alpha value is -0.850. The third-order valence-electron chi connectivity index (χ3n) is 2.69. The summed E-state index contributed by atoms with van der Waals surface area (Å²) in [5.41, 5.74) is 4.44. The van der Waals surface area contributed by atoms with Crippen LogP contribution in [0, 0.1) is 5.82 Å². The van der Waals surface area contributed by atoms with Gasteiger partial charge in [0.1, 0.15) is 5.82 Å². The number of nitrogens with two attached hydrogens (primary N) is 1. The molecule has 0 spiro atoms. The third-order valence-corrected chi connectivity index (χ3v) is 2.69. The lowest BCUT2D eigenvalue weighted by molar-refractivity contribution is -0.137. The van der Waals surface area contributed by atoms with Crippen LogP contribution >= 0.6 is 12.4 Å². The molecule has 0 aliphatic heterocycles. The van der Waals surface area contributed by atoms with Crippen molar-refractivity contribution >= 4 is 12.4 Å². The van der Waals surface area contributed by atoms with Gasteiger partial charge < -0.3 is 10.8 Å². The van der Waals surface area contributed by atoms with E-state index in [0.29, 0.717) is 18.9 Å². The van der Waals surface area contributed by atoms with E-state index in [4.69, 9.17) is 5.73 Å². The first-order chi connectivity index (χ1) is 8.27. The topological polar surface area (TPSA) is 46.2 Å². The van der Waals surface area contributed by atoms with E-state index in [2.05, 4.69) is 0 Å². The SMILES string of the molecule is CCC[C@@H](O)[C@@H](N)c1ccc(C(F)(F)F)cc1F.Cl. The lowest BCUT2D eigenvalue weighted by atomic mass is 9.97. The fourth-order valence-corrected chi connectivity index (χ4v) is 1.66. The maximum atomic E-state index is 13.5. The second-order valence-electron chi connectivity index (χ2n) is 4.12. The van der Waals surface area contributed by atoms with Gasteiger partial charge in [-0.15, -0.1) is 12.4 Å². The molecule has 0 bridgehead atoms. The number of aliphatic hydroxyl groups is 1. The highest BCUT2D eigenvalue weighted by Crippen LogP contribution is 2.31. The Morgan fingerprint density at radius 2 is 1.89 bits per heavy atom. The predicted molar refractivity (Wildman–Crippen MR) is 66.5 cm³/mol. The fourth-order valence-electron chi connectivity index (χ4n) is 1.66. The van der Waals surface area contributed by atoms with Gasteiger partial charge in [0, 0.05) is 5.56 Å². The number of hydrogen-bond acceptors (Lipinski definition) is 2. The molecule has 0 heterocycles. The summed E-state index contributed by atoms with van der Waals surface area (Å²) in [6, 6.07) is 1.11. The highest BCUT2D eigenvalue weighted by molar-refractivity contribution is 5.85. The molecule has 0 radical (unpaired) electrons. The van der Waals surface area contributed by atoms with Crippen LogP contribution in [0.4, 0.5) is 17.6 Å². The van der Waals surface area contributed by atoms with Crippen molar-refractivity contribution in [2.24, 2.45) is 5.73 Å². The van der Waals surface area contributed by atoms with E-state index < -0.39 is 29.7 Å². The largest absolute Gasteiger partial charge is 0.416 e. The summed E-state index contributed by atoms with van der Waals surface area (Å²) in [5.74, 6) is -1.05. The first kappa shape index (κ1) is 18.1. The summed E-state index contributed by atoms with van der Waals surface area (Å²) in [7, 11) is 0. The summed E-state index contributed by atoms with van der Waals surface area (Å²) in [4.78, 5) is 0. The van der Waals surface area contributed by atoms with Gasteiger partial charge in [0.2, 0.25) is 0 Å². The van der Waals surface area contributed by atoms with E-state index in [1.165, 1.54) is 0 Å². The molecule has 0 fully saturated rings. The van der Waals surface area contributed by atoms with E-state index in [0.717, 1.165) is 12.1 Å².